The fourth-order valence-electron chi connectivity index (χ4n) is 0.508. The zero-order chi connectivity index (χ0) is 12.0. The molecule has 0 fully saturated rings. The highest BCUT2D eigenvalue weighted by molar-refractivity contribution is 5.96. The number of rotatable bonds is 3. The van der Waals surface area contributed by atoms with Gasteiger partial charge in [-0.2, -0.15) is 0 Å². The van der Waals surface area contributed by atoms with Crippen LogP contribution in [0.15, 0.2) is 37.0 Å². The fraction of sp³-hybridized carbons (Fsp3) is 0.417. The summed E-state index contributed by atoms with van der Waals surface area (Å²) in [7, 11) is 1.57. The van der Waals surface area contributed by atoms with Gasteiger partial charge in [-0.3, -0.25) is 4.79 Å². The van der Waals surface area contributed by atoms with Crippen molar-refractivity contribution in [2.24, 2.45) is 0 Å². The Balaban J connectivity index is -0.000000266. The molecule has 1 N–H and O–H groups in total. The van der Waals surface area contributed by atoms with E-state index in [1.165, 1.54) is 6.08 Å². The molecular weight excluding hydrogens is 174 g/mol. The van der Waals surface area contributed by atoms with Crippen LogP contribution in [0.2, 0.25) is 0 Å². The van der Waals surface area contributed by atoms with Crippen molar-refractivity contribution in [1.29, 1.82) is 0 Å². The topological polar surface area (TPSA) is 29.1 Å². The van der Waals surface area contributed by atoms with Crippen molar-refractivity contribution in [2.45, 2.75) is 27.7 Å². The molecular formula is C12H23NO. The van der Waals surface area contributed by atoms with Crippen LogP contribution < -0.4 is 5.32 Å². The van der Waals surface area contributed by atoms with Crippen molar-refractivity contribution in [3.63, 3.8) is 0 Å². The molecule has 0 unspecified atom stereocenters. The molecule has 0 aromatic heterocycles. The molecule has 14 heavy (non-hydrogen) atoms. The second-order valence-electron chi connectivity index (χ2n) is 1.64. The number of hydrogen-bond donors (Lipinski definition) is 1. The van der Waals surface area contributed by atoms with E-state index in [0.29, 0.717) is 5.57 Å². The predicted octanol–water partition coefficient (Wildman–Crippen LogP) is 3.08. The first-order valence-electron chi connectivity index (χ1n) is 4.93. The van der Waals surface area contributed by atoms with E-state index in [0.717, 1.165) is 0 Å². The molecule has 1 amide bonds. The molecule has 0 spiro atoms. The van der Waals surface area contributed by atoms with Gasteiger partial charge in [0.25, 0.3) is 5.91 Å². The average molecular weight is 197 g/mol. The van der Waals surface area contributed by atoms with Crippen LogP contribution in [0.1, 0.15) is 27.7 Å². The summed E-state index contributed by atoms with van der Waals surface area (Å²) in [6, 6.07) is 0. The van der Waals surface area contributed by atoms with Crippen molar-refractivity contribution in [3.05, 3.63) is 37.0 Å². The van der Waals surface area contributed by atoms with Crippen molar-refractivity contribution in [1.82, 2.24) is 5.32 Å². The Morgan fingerprint density at radius 3 is 1.79 bits per heavy atom. The second-order valence-corrected chi connectivity index (χ2v) is 1.64. The molecule has 0 saturated heterocycles. The van der Waals surface area contributed by atoms with E-state index < -0.39 is 0 Å². The summed E-state index contributed by atoms with van der Waals surface area (Å²) in [6.45, 7) is 14.9. The van der Waals surface area contributed by atoms with Crippen molar-refractivity contribution < 1.29 is 4.79 Å². The Kier molecular flexibility index (Phi) is 23.3. The van der Waals surface area contributed by atoms with Gasteiger partial charge in [0.15, 0.2) is 0 Å². The molecule has 0 aliphatic rings. The number of allylic oxidation sites excluding steroid dienone is 2. The Bertz CT molecular complexity index is 181. The van der Waals surface area contributed by atoms with Crippen LogP contribution in [0.25, 0.3) is 0 Å². The maximum absolute atomic E-state index is 10.8. The molecule has 0 bridgehead atoms. The van der Waals surface area contributed by atoms with Crippen LogP contribution in [0.4, 0.5) is 0 Å². The van der Waals surface area contributed by atoms with Crippen LogP contribution in [0.3, 0.4) is 0 Å². The van der Waals surface area contributed by atoms with Gasteiger partial charge in [-0.05, 0) is 0 Å². The quantitative estimate of drug-likeness (QED) is 0.546. The van der Waals surface area contributed by atoms with E-state index in [1.807, 2.05) is 27.7 Å². The Labute approximate surface area is 88.4 Å². The Hall–Kier alpha value is -1.31. The summed E-state index contributed by atoms with van der Waals surface area (Å²) in [4.78, 5) is 10.8. The van der Waals surface area contributed by atoms with Gasteiger partial charge in [0.2, 0.25) is 0 Å². The molecule has 0 rings (SSSR count). The largest absolute Gasteiger partial charge is 0.355 e. The lowest BCUT2D eigenvalue weighted by Crippen LogP contribution is -2.18. The van der Waals surface area contributed by atoms with Crippen LogP contribution in [0, 0.1) is 0 Å². The minimum Gasteiger partial charge on any atom is -0.355 e. The summed E-state index contributed by atoms with van der Waals surface area (Å²) >= 11 is 0. The third kappa shape index (κ3) is 10.7. The van der Waals surface area contributed by atoms with Crippen molar-refractivity contribution in [2.75, 3.05) is 7.05 Å². The van der Waals surface area contributed by atoms with E-state index >= 15 is 0 Å². The number of carbonyl (C=O) groups excluding carboxylic acids is 1. The van der Waals surface area contributed by atoms with Gasteiger partial charge in [0, 0.05) is 12.6 Å². The molecule has 2 nitrogen and oxygen atoms in total. The first-order valence-corrected chi connectivity index (χ1v) is 4.93. The summed E-state index contributed by atoms with van der Waals surface area (Å²) in [5, 5.41) is 2.47. The highest BCUT2D eigenvalue weighted by atomic mass is 16.1. The second kappa shape index (κ2) is 17.7. The smallest absolute Gasteiger partial charge is 0.250 e. The third-order valence-corrected chi connectivity index (χ3v) is 1.01. The summed E-state index contributed by atoms with van der Waals surface area (Å²) < 4.78 is 0. The lowest BCUT2D eigenvalue weighted by molar-refractivity contribution is -0.116. The number of likely N-dealkylation sites (N-methyl/N-ethyl adjacent to an activating group) is 1. The normalized spacial score (nSPS) is 8.21. The van der Waals surface area contributed by atoms with E-state index in [1.54, 1.807) is 19.2 Å². The Morgan fingerprint density at radius 2 is 1.57 bits per heavy atom. The van der Waals surface area contributed by atoms with Crippen molar-refractivity contribution >= 4 is 5.91 Å². The van der Waals surface area contributed by atoms with Crippen LogP contribution in [0.5, 0.6) is 0 Å². The molecule has 0 aliphatic heterocycles. The van der Waals surface area contributed by atoms with E-state index in [9.17, 15) is 4.79 Å². The van der Waals surface area contributed by atoms with Crippen LogP contribution >= 0.6 is 0 Å². The van der Waals surface area contributed by atoms with Crippen LogP contribution in [-0.4, -0.2) is 13.0 Å². The molecule has 0 aromatic rings. The Morgan fingerprint density at radius 1 is 1.14 bits per heavy atom. The van der Waals surface area contributed by atoms with E-state index in [4.69, 9.17) is 0 Å². The molecule has 0 heterocycles. The fourth-order valence-corrected chi connectivity index (χ4v) is 0.508. The maximum atomic E-state index is 10.8. The van der Waals surface area contributed by atoms with Gasteiger partial charge < -0.3 is 5.32 Å². The molecule has 0 saturated carbocycles. The van der Waals surface area contributed by atoms with Gasteiger partial charge in [-0.25, -0.2) is 0 Å². The maximum Gasteiger partial charge on any atom is 0.250 e. The molecule has 0 aliphatic carbocycles. The first-order chi connectivity index (χ1) is 6.76. The average Bonchev–Trinajstić information content (AvgIpc) is 2.30. The molecule has 2 heteroatoms. The molecule has 0 aromatic carbocycles. The minimum atomic E-state index is -0.144. The van der Waals surface area contributed by atoms with Gasteiger partial charge in [0.1, 0.15) is 0 Å². The molecule has 0 atom stereocenters. The van der Waals surface area contributed by atoms with Gasteiger partial charge in [-0.15, -0.1) is 0 Å². The zero-order valence-corrected chi connectivity index (χ0v) is 10.1. The first kappa shape index (κ1) is 18.5. The number of hydrogen-bond acceptors (Lipinski definition) is 1. The van der Waals surface area contributed by atoms with Crippen LogP contribution in [-0.2, 0) is 4.79 Å². The van der Waals surface area contributed by atoms with Gasteiger partial charge >= 0.3 is 0 Å². The van der Waals surface area contributed by atoms with E-state index in [2.05, 4.69) is 18.5 Å². The monoisotopic (exact) mass is 197 g/mol. The standard InChI is InChI=1S/C8H11NO.2C2H6/c1-4-6-7(5-2)8(10)9-3;2*1-2/h4-6H,1-2H2,3H3,(H,9,10);2*1-2H3/b7-6+;;. The highest BCUT2D eigenvalue weighted by Gasteiger charge is 1.98. The number of nitrogens with one attached hydrogen (secondary N) is 1. The summed E-state index contributed by atoms with van der Waals surface area (Å²) in [5.74, 6) is -0.144. The van der Waals surface area contributed by atoms with Gasteiger partial charge in [0.05, 0.1) is 0 Å². The number of carbonyl (C=O) groups is 1. The van der Waals surface area contributed by atoms with Crippen molar-refractivity contribution in [3.8, 4) is 0 Å². The zero-order valence-electron chi connectivity index (χ0n) is 10.1. The predicted molar refractivity (Wildman–Crippen MR) is 65.2 cm³/mol. The molecule has 0 radical (unpaired) electrons. The van der Waals surface area contributed by atoms with E-state index in [-0.39, 0.29) is 5.91 Å². The lowest BCUT2D eigenvalue weighted by Gasteiger charge is -1.96. The summed E-state index contributed by atoms with van der Waals surface area (Å²) in [5.41, 5.74) is 0.525. The molecule has 82 valence electrons. The number of amides is 1. The lowest BCUT2D eigenvalue weighted by atomic mass is 10.2. The summed E-state index contributed by atoms with van der Waals surface area (Å²) in [6.07, 6.45) is 4.64. The highest BCUT2D eigenvalue weighted by Crippen LogP contribution is 1.94. The minimum absolute atomic E-state index is 0.144. The SMILES string of the molecule is C=C/C=C(\C=C)C(=O)NC.CC.CC. The van der Waals surface area contributed by atoms with Gasteiger partial charge in [-0.1, -0.05) is 59.1 Å². The third-order valence-electron chi connectivity index (χ3n) is 1.01.